The number of hydrogen-bond acceptors (Lipinski definition) is 1. The third-order valence-corrected chi connectivity index (χ3v) is 5.67. The van der Waals surface area contributed by atoms with Crippen LogP contribution in [0, 0.1) is 46.9 Å². The third kappa shape index (κ3) is 9.17. The Morgan fingerprint density at radius 2 is 0.828 bits per heavy atom. The van der Waals surface area contributed by atoms with Crippen molar-refractivity contribution in [3.63, 3.8) is 0 Å². The molecular formula is C26H36NOYb+2. The van der Waals surface area contributed by atoms with Crippen LogP contribution >= 0.6 is 0 Å². The van der Waals surface area contributed by atoms with E-state index >= 15 is 0 Å². The first kappa shape index (κ1) is 25.0. The number of para-hydroxylation sites is 2. The number of fused-ring (bicyclic) bond motifs is 3. The van der Waals surface area contributed by atoms with Gasteiger partial charge in [0.25, 0.3) is 0 Å². The number of benzene rings is 2. The summed E-state index contributed by atoms with van der Waals surface area (Å²) in [6.45, 7) is 2.00. The molecule has 3 aromatic rings. The minimum absolute atomic E-state index is 0. The predicted molar refractivity (Wildman–Crippen MR) is 121 cm³/mol. The van der Waals surface area contributed by atoms with Crippen LogP contribution in [0.3, 0.4) is 0 Å². The van der Waals surface area contributed by atoms with Crippen molar-refractivity contribution < 1.29 is 51.7 Å². The Hall–Kier alpha value is -0.281. The maximum Gasteiger partial charge on any atom is 3.00 e. The molecule has 2 aliphatic carbocycles. The van der Waals surface area contributed by atoms with E-state index in [1.54, 1.807) is 0 Å². The van der Waals surface area contributed by atoms with Crippen LogP contribution in [0.4, 0.5) is 0 Å². The van der Waals surface area contributed by atoms with Crippen LogP contribution in [-0.2, 0) is 4.74 Å². The summed E-state index contributed by atoms with van der Waals surface area (Å²) in [5, 5.41) is 2.50. The molecule has 0 N–H and O–H groups in total. The molecule has 1 aliphatic heterocycles. The zero-order valence-electron chi connectivity index (χ0n) is 17.6. The van der Waals surface area contributed by atoms with Crippen LogP contribution in [0.5, 0.6) is 0 Å². The second-order valence-corrected chi connectivity index (χ2v) is 8.00. The van der Waals surface area contributed by atoms with Crippen molar-refractivity contribution in [2.75, 3.05) is 13.2 Å². The summed E-state index contributed by atoms with van der Waals surface area (Å²) in [5.74, 6) is 0. The second kappa shape index (κ2) is 15.5. The number of nitrogens with zero attached hydrogens (tertiary/aromatic N) is 1. The monoisotopic (exact) mass is 552 g/mol. The maximum atomic E-state index is 4.94. The van der Waals surface area contributed by atoms with Gasteiger partial charge in [-0.2, -0.15) is 0 Å². The zero-order valence-corrected chi connectivity index (χ0v) is 19.4. The topological polar surface area (TPSA) is 23.3 Å². The summed E-state index contributed by atoms with van der Waals surface area (Å²) < 4.78 is 4.94. The van der Waals surface area contributed by atoms with Crippen molar-refractivity contribution >= 4 is 21.8 Å². The van der Waals surface area contributed by atoms with Gasteiger partial charge in [-0.15, -0.1) is 11.0 Å². The molecule has 1 aromatic heterocycles. The maximum absolute atomic E-state index is 4.94. The van der Waals surface area contributed by atoms with Crippen molar-refractivity contribution in [3.05, 3.63) is 48.5 Å². The summed E-state index contributed by atoms with van der Waals surface area (Å²) in [6, 6.07) is 16.5. The van der Waals surface area contributed by atoms with Gasteiger partial charge in [-0.25, -0.2) is 0 Å². The summed E-state index contributed by atoms with van der Waals surface area (Å²) in [4.78, 5) is 4.52. The normalized spacial score (nSPS) is 17.4. The van der Waals surface area contributed by atoms with Crippen molar-refractivity contribution in [2.24, 2.45) is 0 Å². The average Bonchev–Trinajstić information content (AvgIpc) is 3.56. The third-order valence-electron chi connectivity index (χ3n) is 5.67. The van der Waals surface area contributed by atoms with E-state index in [4.69, 9.17) is 4.74 Å². The Morgan fingerprint density at radius 1 is 0.483 bits per heavy atom. The molecule has 163 valence electrons. The standard InChI is InChI=1S/C12H8N.2C5H10.C4H8O.Yb/c1-3-7-11-9(5-1)10-6-2-4-8-12(10)13-11;3*1-2-4-5-3-1;/h1-8H;2*1-5H2;1-4H2;/q-1;;;;+3. The predicted octanol–water partition coefficient (Wildman–Crippen LogP) is 7.65. The molecule has 2 nitrogen and oxygen atoms in total. The summed E-state index contributed by atoms with van der Waals surface area (Å²) >= 11 is 0. The molecule has 29 heavy (non-hydrogen) atoms. The van der Waals surface area contributed by atoms with E-state index in [2.05, 4.69) is 41.4 Å². The van der Waals surface area contributed by atoms with E-state index in [1.165, 1.54) is 87.8 Å². The molecule has 0 amide bonds. The molecule has 6 rings (SSSR count). The first-order valence-corrected chi connectivity index (χ1v) is 11.4. The van der Waals surface area contributed by atoms with E-state index in [0.717, 1.165) is 24.2 Å². The van der Waals surface area contributed by atoms with Gasteiger partial charge in [0.2, 0.25) is 0 Å². The molecule has 1 saturated heterocycles. The van der Waals surface area contributed by atoms with E-state index < -0.39 is 0 Å². The molecule has 2 aromatic carbocycles. The fourth-order valence-corrected chi connectivity index (χ4v) is 4.01. The van der Waals surface area contributed by atoms with Crippen molar-refractivity contribution in [1.82, 2.24) is 4.98 Å². The van der Waals surface area contributed by atoms with Crippen LogP contribution in [0.15, 0.2) is 48.5 Å². The first-order chi connectivity index (χ1) is 13.9. The molecule has 3 heteroatoms. The van der Waals surface area contributed by atoms with Gasteiger partial charge in [0.1, 0.15) is 0 Å². The molecule has 0 unspecified atom stereocenters. The van der Waals surface area contributed by atoms with Crippen molar-refractivity contribution in [3.8, 4) is 0 Å². The van der Waals surface area contributed by atoms with Gasteiger partial charge in [-0.3, -0.25) is 0 Å². The van der Waals surface area contributed by atoms with Crippen LogP contribution < -0.4 is 4.98 Å². The largest absolute Gasteiger partial charge is 3.00 e. The van der Waals surface area contributed by atoms with Gasteiger partial charge in [-0.05, 0) is 23.6 Å². The Labute approximate surface area is 215 Å². The Balaban J connectivity index is 0.000000156. The summed E-state index contributed by atoms with van der Waals surface area (Å²) in [6.07, 6.45) is 17.6. The van der Waals surface area contributed by atoms with Crippen LogP contribution in [-0.4, -0.2) is 13.2 Å². The van der Waals surface area contributed by atoms with Crippen LogP contribution in [0.1, 0.15) is 77.0 Å². The minimum atomic E-state index is 0. The Morgan fingerprint density at radius 3 is 1.14 bits per heavy atom. The first-order valence-electron chi connectivity index (χ1n) is 11.4. The Bertz CT molecular complexity index is 689. The smallest absolute Gasteiger partial charge is 0.657 e. The quantitative estimate of drug-likeness (QED) is 0.287. The number of ether oxygens (including phenoxy) is 1. The van der Waals surface area contributed by atoms with Gasteiger partial charge < -0.3 is 9.72 Å². The van der Waals surface area contributed by atoms with Gasteiger partial charge in [-0.1, -0.05) is 113 Å². The zero-order chi connectivity index (χ0) is 19.3. The Kier molecular flexibility index (Phi) is 13.4. The number of rotatable bonds is 0. The summed E-state index contributed by atoms with van der Waals surface area (Å²) in [7, 11) is 0. The molecule has 2 saturated carbocycles. The molecule has 0 atom stereocenters. The van der Waals surface area contributed by atoms with Crippen molar-refractivity contribution in [2.45, 2.75) is 77.0 Å². The molecule has 3 fully saturated rings. The number of aromatic nitrogens is 1. The molecule has 1 radical (unpaired) electrons. The SMILES string of the molecule is C1CCCC1.C1CCCC1.C1CCOC1.[Yb+3].c1ccc2c(c1)[n-]c1ccccc12. The van der Waals surface area contributed by atoms with Gasteiger partial charge in [0.15, 0.2) is 0 Å². The summed E-state index contributed by atoms with van der Waals surface area (Å²) in [5.41, 5.74) is 2.17. The van der Waals surface area contributed by atoms with E-state index in [9.17, 15) is 0 Å². The average molecular weight is 552 g/mol. The minimum Gasteiger partial charge on any atom is -0.657 e. The second-order valence-electron chi connectivity index (χ2n) is 8.00. The van der Waals surface area contributed by atoms with Gasteiger partial charge >= 0.3 is 46.9 Å². The number of hydrogen-bond donors (Lipinski definition) is 0. The molecule has 3 aliphatic rings. The van der Waals surface area contributed by atoms with E-state index in [1.807, 2.05) is 12.1 Å². The van der Waals surface area contributed by atoms with Gasteiger partial charge in [0, 0.05) is 13.2 Å². The molecule has 2 heterocycles. The molecular weight excluding hydrogens is 515 g/mol. The van der Waals surface area contributed by atoms with E-state index in [-0.39, 0.29) is 46.9 Å². The molecule has 0 spiro atoms. The van der Waals surface area contributed by atoms with Gasteiger partial charge in [0.05, 0.1) is 0 Å². The van der Waals surface area contributed by atoms with Crippen molar-refractivity contribution in [1.29, 1.82) is 0 Å². The van der Waals surface area contributed by atoms with Crippen LogP contribution in [0.25, 0.3) is 21.8 Å². The van der Waals surface area contributed by atoms with Crippen LogP contribution in [0.2, 0.25) is 0 Å². The fourth-order valence-electron chi connectivity index (χ4n) is 4.01. The van der Waals surface area contributed by atoms with E-state index in [0.29, 0.717) is 0 Å². The fraction of sp³-hybridized carbons (Fsp3) is 0.538. The molecule has 0 bridgehead atoms.